The third-order valence-corrected chi connectivity index (χ3v) is 4.16. The summed E-state index contributed by atoms with van der Waals surface area (Å²) in [7, 11) is 0. The van der Waals surface area contributed by atoms with E-state index in [1.54, 1.807) is 0 Å². The Morgan fingerprint density at radius 2 is 1.25 bits per heavy atom. The highest BCUT2D eigenvalue weighted by atomic mass is 16.9. The number of rotatable bonds is 4. The molecule has 4 nitrogen and oxygen atoms in total. The van der Waals surface area contributed by atoms with Crippen LogP contribution in [-0.2, 0) is 4.94 Å². The Balaban J connectivity index is 1.93. The SMILES string of the molecule is O=[N+]O[NH+](C1CCCCC1)C1CCCCC1. The van der Waals surface area contributed by atoms with Gasteiger partial charge in [0, 0.05) is 25.7 Å². The Hall–Kier alpha value is -0.640. The molecule has 0 atom stereocenters. The Morgan fingerprint density at radius 1 is 0.812 bits per heavy atom. The van der Waals surface area contributed by atoms with Crippen LogP contribution >= 0.6 is 0 Å². The van der Waals surface area contributed by atoms with E-state index in [0.29, 0.717) is 12.1 Å². The molecule has 1 radical (unpaired) electrons. The third kappa shape index (κ3) is 2.94. The minimum Gasteiger partial charge on any atom is -0.0702 e. The molecular weight excluding hydrogens is 204 g/mol. The monoisotopic (exact) mass is 227 g/mol. The van der Waals surface area contributed by atoms with Gasteiger partial charge in [-0.1, -0.05) is 17.9 Å². The van der Waals surface area contributed by atoms with E-state index in [4.69, 9.17) is 4.94 Å². The summed E-state index contributed by atoms with van der Waals surface area (Å²) in [5.41, 5.74) is 0. The summed E-state index contributed by atoms with van der Waals surface area (Å²) < 4.78 is 0. The third-order valence-electron chi connectivity index (χ3n) is 4.16. The summed E-state index contributed by atoms with van der Waals surface area (Å²) in [4.78, 5) is 15.5. The maximum Gasteiger partial charge on any atom is 0.678 e. The standard InChI is InChI=1S/C12H22N2O2/c15-13-16-14(11-7-3-1-4-8-11)12-9-5-2-6-10-12/h11-12H,1-10H2/q+1/p+1. The fraction of sp³-hybridized carbons (Fsp3) is 1.00. The highest BCUT2D eigenvalue weighted by Crippen LogP contribution is 2.19. The van der Waals surface area contributed by atoms with Crippen molar-refractivity contribution in [1.82, 2.24) is 5.34 Å². The normalized spacial score (nSPS) is 24.6. The van der Waals surface area contributed by atoms with E-state index in [1.807, 2.05) is 0 Å². The van der Waals surface area contributed by atoms with E-state index in [9.17, 15) is 4.91 Å². The van der Waals surface area contributed by atoms with Crippen LogP contribution in [0.15, 0.2) is 0 Å². The van der Waals surface area contributed by atoms with E-state index < -0.39 is 0 Å². The summed E-state index contributed by atoms with van der Waals surface area (Å²) in [5, 5.41) is 3.72. The van der Waals surface area contributed by atoms with Gasteiger partial charge in [0.05, 0.1) is 4.94 Å². The quantitative estimate of drug-likeness (QED) is 0.739. The number of hydrogen-bond donors (Lipinski definition) is 1. The molecule has 0 bridgehead atoms. The molecule has 2 saturated carbocycles. The molecule has 0 aromatic carbocycles. The highest BCUT2D eigenvalue weighted by Gasteiger charge is 2.38. The van der Waals surface area contributed by atoms with Crippen LogP contribution < -0.4 is 10.4 Å². The lowest BCUT2D eigenvalue weighted by atomic mass is 9.90. The van der Waals surface area contributed by atoms with Crippen molar-refractivity contribution in [3.63, 3.8) is 0 Å². The predicted octanol–water partition coefficient (Wildman–Crippen LogP) is 1.49. The second-order valence-corrected chi connectivity index (χ2v) is 5.24. The zero-order valence-electron chi connectivity index (χ0n) is 9.99. The first-order chi connectivity index (χ1) is 7.92. The van der Waals surface area contributed by atoms with Gasteiger partial charge >= 0.3 is 5.34 Å². The van der Waals surface area contributed by atoms with E-state index in [1.165, 1.54) is 64.2 Å². The van der Waals surface area contributed by atoms with Crippen LogP contribution in [0.3, 0.4) is 0 Å². The predicted molar refractivity (Wildman–Crippen MR) is 61.3 cm³/mol. The topological polar surface area (TPSA) is 44.8 Å². The molecule has 0 spiro atoms. The van der Waals surface area contributed by atoms with Crippen molar-refractivity contribution in [2.24, 2.45) is 0 Å². The summed E-state index contributed by atoms with van der Waals surface area (Å²) in [6, 6.07) is 1.02. The number of nitrogens with one attached hydrogen (secondary N) is 1. The summed E-state index contributed by atoms with van der Waals surface area (Å²) in [6.07, 6.45) is 12.6. The minimum absolute atomic E-state index is 0.509. The average Bonchev–Trinajstić information content (AvgIpc) is 2.38. The van der Waals surface area contributed by atoms with Crippen LogP contribution in [0.4, 0.5) is 0 Å². The van der Waals surface area contributed by atoms with Crippen LogP contribution in [0.25, 0.3) is 0 Å². The Labute approximate surface area is 97.2 Å². The second-order valence-electron chi connectivity index (χ2n) is 5.24. The van der Waals surface area contributed by atoms with E-state index in [2.05, 4.69) is 5.34 Å². The molecule has 2 rings (SSSR count). The van der Waals surface area contributed by atoms with Gasteiger partial charge in [-0.3, -0.25) is 0 Å². The smallest absolute Gasteiger partial charge is 0.0702 e. The fourth-order valence-corrected chi connectivity index (χ4v) is 3.30. The summed E-state index contributed by atoms with van der Waals surface area (Å²) in [6.45, 7) is 0. The maximum absolute atomic E-state index is 10.4. The molecule has 0 aromatic rings. The molecule has 0 saturated heterocycles. The molecular formula is C12H23N2O2+2. The number of hydroxylamine groups is 2. The number of hydrogen-bond acceptors (Lipinski definition) is 3. The largest absolute Gasteiger partial charge is 0.678 e. The Morgan fingerprint density at radius 3 is 1.62 bits per heavy atom. The molecule has 0 heterocycles. The molecule has 91 valence electrons. The van der Waals surface area contributed by atoms with Gasteiger partial charge in [0.25, 0.3) is 0 Å². The van der Waals surface area contributed by atoms with Crippen molar-refractivity contribution in [2.45, 2.75) is 76.3 Å². The molecule has 2 aliphatic carbocycles. The second kappa shape index (κ2) is 6.18. The first kappa shape index (κ1) is 11.8. The highest BCUT2D eigenvalue weighted by molar-refractivity contribution is 4.68. The lowest BCUT2D eigenvalue weighted by Crippen LogP contribution is -3.18. The molecule has 4 heteroatoms. The van der Waals surface area contributed by atoms with Crippen LogP contribution in [-0.4, -0.2) is 12.1 Å². The van der Waals surface area contributed by atoms with Crippen molar-refractivity contribution in [2.75, 3.05) is 0 Å². The summed E-state index contributed by atoms with van der Waals surface area (Å²) >= 11 is 0. The zero-order valence-corrected chi connectivity index (χ0v) is 9.99. The van der Waals surface area contributed by atoms with Gasteiger partial charge in [-0.15, -0.1) is 0 Å². The molecule has 0 amide bonds. The first-order valence-corrected chi connectivity index (χ1v) is 6.78. The van der Waals surface area contributed by atoms with Gasteiger partial charge in [0.15, 0.2) is 4.91 Å². The minimum atomic E-state index is 0.509. The number of nitrogens with zero attached hydrogens (tertiary/aromatic N) is 1. The van der Waals surface area contributed by atoms with Crippen LogP contribution in [0.1, 0.15) is 64.2 Å². The molecule has 0 aliphatic heterocycles. The van der Waals surface area contributed by atoms with Crippen LogP contribution in [0.5, 0.6) is 0 Å². The molecule has 2 aliphatic rings. The number of quaternary nitrogens is 1. The average molecular weight is 227 g/mol. The van der Waals surface area contributed by atoms with Crippen molar-refractivity contribution < 1.29 is 10.0 Å². The first-order valence-electron chi connectivity index (χ1n) is 6.78. The van der Waals surface area contributed by atoms with Crippen molar-refractivity contribution >= 4 is 0 Å². The van der Waals surface area contributed by atoms with Gasteiger partial charge in [0.1, 0.15) is 12.1 Å². The van der Waals surface area contributed by atoms with Crippen molar-refractivity contribution in [3.8, 4) is 0 Å². The lowest BCUT2D eigenvalue weighted by Gasteiger charge is -2.30. The van der Waals surface area contributed by atoms with E-state index in [0.717, 1.165) is 5.06 Å². The van der Waals surface area contributed by atoms with Crippen LogP contribution in [0.2, 0.25) is 0 Å². The molecule has 16 heavy (non-hydrogen) atoms. The maximum atomic E-state index is 10.4. The zero-order chi connectivity index (χ0) is 11.2. The van der Waals surface area contributed by atoms with Crippen molar-refractivity contribution in [1.29, 1.82) is 0 Å². The molecule has 1 N–H and O–H groups in total. The molecule has 0 aromatic heterocycles. The van der Waals surface area contributed by atoms with E-state index >= 15 is 0 Å². The van der Waals surface area contributed by atoms with Gasteiger partial charge in [0.2, 0.25) is 0 Å². The van der Waals surface area contributed by atoms with Crippen LogP contribution in [0, 0.1) is 4.91 Å². The Kier molecular flexibility index (Phi) is 4.57. The van der Waals surface area contributed by atoms with Gasteiger partial charge in [-0.05, 0) is 25.7 Å². The van der Waals surface area contributed by atoms with Gasteiger partial charge in [-0.2, -0.15) is 0 Å². The summed E-state index contributed by atoms with van der Waals surface area (Å²) in [5.74, 6) is 0. The lowest BCUT2D eigenvalue weighted by molar-refractivity contribution is -1.14. The Bertz CT molecular complexity index is 193. The van der Waals surface area contributed by atoms with Crippen molar-refractivity contribution in [3.05, 3.63) is 4.91 Å². The molecule has 2 fully saturated rings. The molecule has 0 unspecified atom stereocenters. The van der Waals surface area contributed by atoms with Gasteiger partial charge in [-0.25, -0.2) is 0 Å². The van der Waals surface area contributed by atoms with Gasteiger partial charge < -0.3 is 0 Å². The fourth-order valence-electron chi connectivity index (χ4n) is 3.30. The van der Waals surface area contributed by atoms with E-state index in [-0.39, 0.29) is 0 Å².